The first-order chi connectivity index (χ1) is 7.29. The monoisotopic (exact) mass is 220 g/mol. The summed E-state index contributed by atoms with van der Waals surface area (Å²) in [7, 11) is 0. The van der Waals surface area contributed by atoms with E-state index in [9.17, 15) is 0 Å². The average Bonchev–Trinajstić information content (AvgIpc) is 2.68. The van der Waals surface area contributed by atoms with E-state index >= 15 is 0 Å². The second-order valence-corrected chi connectivity index (χ2v) is 3.67. The summed E-state index contributed by atoms with van der Waals surface area (Å²) in [6.45, 7) is 0.596. The van der Waals surface area contributed by atoms with Crippen LogP contribution in [0.5, 0.6) is 0 Å². The Morgan fingerprint density at radius 1 is 1.20 bits per heavy atom. The Labute approximate surface area is 93.6 Å². The summed E-state index contributed by atoms with van der Waals surface area (Å²) in [5.41, 5.74) is 7.35. The van der Waals surface area contributed by atoms with Crippen LogP contribution in [-0.2, 0) is 0 Å². The summed E-state index contributed by atoms with van der Waals surface area (Å²) in [6, 6.07) is 7.47. The molecule has 0 bridgehead atoms. The van der Waals surface area contributed by atoms with Gasteiger partial charge in [0.1, 0.15) is 0 Å². The van der Waals surface area contributed by atoms with Crippen LogP contribution in [0.2, 0.25) is 5.02 Å². The Morgan fingerprint density at radius 2 is 1.93 bits per heavy atom. The van der Waals surface area contributed by atoms with Gasteiger partial charge in [-0.3, -0.25) is 0 Å². The van der Waals surface area contributed by atoms with Crippen molar-refractivity contribution in [2.75, 3.05) is 6.54 Å². The Hall–Kier alpha value is -1.32. The molecule has 1 heterocycles. The number of nitrogens with two attached hydrogens (primary N) is 1. The molecule has 0 aromatic heterocycles. The SMILES string of the molecule is NCCC1=C[N]C(c2ccc(Cl)cc2)=N1. The standard InChI is InChI=1S/C11H11ClN3/c12-9-3-1-8(2-4-9)11-14-7-10(15-11)5-6-13/h1-4,7H,5-6,13H2. The van der Waals surface area contributed by atoms with E-state index in [1.54, 1.807) is 6.20 Å². The maximum atomic E-state index is 5.80. The highest BCUT2D eigenvalue weighted by Gasteiger charge is 2.10. The summed E-state index contributed by atoms with van der Waals surface area (Å²) in [6.07, 6.45) is 2.53. The molecule has 0 atom stereocenters. The Bertz CT molecular complexity index is 406. The molecule has 0 unspecified atom stereocenters. The highest BCUT2D eigenvalue weighted by molar-refractivity contribution is 6.30. The smallest absolute Gasteiger partial charge is 0.159 e. The van der Waals surface area contributed by atoms with Crippen molar-refractivity contribution in [2.45, 2.75) is 6.42 Å². The van der Waals surface area contributed by atoms with Crippen LogP contribution < -0.4 is 11.1 Å². The molecule has 0 saturated carbocycles. The van der Waals surface area contributed by atoms with Gasteiger partial charge in [0.25, 0.3) is 0 Å². The molecule has 0 aliphatic carbocycles. The van der Waals surface area contributed by atoms with E-state index in [1.165, 1.54) is 0 Å². The molecular weight excluding hydrogens is 210 g/mol. The first-order valence-electron chi connectivity index (χ1n) is 4.74. The van der Waals surface area contributed by atoms with Crippen molar-refractivity contribution in [1.82, 2.24) is 5.32 Å². The lowest BCUT2D eigenvalue weighted by atomic mass is 10.2. The predicted octanol–water partition coefficient (Wildman–Crippen LogP) is 1.89. The lowest BCUT2D eigenvalue weighted by molar-refractivity contribution is 0.939. The molecule has 0 amide bonds. The van der Waals surface area contributed by atoms with Crippen molar-refractivity contribution in [3.63, 3.8) is 0 Å². The molecule has 77 valence electrons. The number of halogens is 1. The van der Waals surface area contributed by atoms with E-state index in [4.69, 9.17) is 17.3 Å². The van der Waals surface area contributed by atoms with Crippen LogP contribution in [0.15, 0.2) is 41.2 Å². The molecule has 2 rings (SSSR count). The minimum Gasteiger partial charge on any atom is -0.330 e. The zero-order chi connectivity index (χ0) is 10.7. The maximum absolute atomic E-state index is 5.80. The number of benzene rings is 1. The third-order valence-corrected chi connectivity index (χ3v) is 2.34. The third-order valence-electron chi connectivity index (χ3n) is 2.09. The largest absolute Gasteiger partial charge is 0.330 e. The minimum atomic E-state index is 0.596. The van der Waals surface area contributed by atoms with Gasteiger partial charge >= 0.3 is 0 Å². The molecule has 1 radical (unpaired) electrons. The van der Waals surface area contributed by atoms with Gasteiger partial charge < -0.3 is 5.73 Å². The Kier molecular flexibility index (Phi) is 3.04. The van der Waals surface area contributed by atoms with E-state index in [2.05, 4.69) is 10.3 Å². The summed E-state index contributed by atoms with van der Waals surface area (Å²) < 4.78 is 0. The van der Waals surface area contributed by atoms with Crippen LogP contribution in [0.1, 0.15) is 12.0 Å². The summed E-state index contributed by atoms with van der Waals surface area (Å²) in [5.74, 6) is 0.732. The second-order valence-electron chi connectivity index (χ2n) is 3.23. The molecule has 0 saturated heterocycles. The van der Waals surface area contributed by atoms with Crippen LogP contribution in [0.25, 0.3) is 0 Å². The average molecular weight is 221 g/mol. The summed E-state index contributed by atoms with van der Waals surface area (Å²) >= 11 is 5.80. The van der Waals surface area contributed by atoms with Crippen molar-refractivity contribution in [3.8, 4) is 0 Å². The molecule has 1 aromatic rings. The topological polar surface area (TPSA) is 52.5 Å². The Balaban J connectivity index is 2.14. The van der Waals surface area contributed by atoms with Crippen LogP contribution in [0.4, 0.5) is 0 Å². The molecule has 1 aliphatic heterocycles. The lowest BCUT2D eigenvalue weighted by Crippen LogP contribution is -2.07. The van der Waals surface area contributed by atoms with Gasteiger partial charge in [-0.25, -0.2) is 10.3 Å². The summed E-state index contributed by atoms with van der Waals surface area (Å²) in [5, 5.41) is 4.94. The van der Waals surface area contributed by atoms with Gasteiger partial charge in [-0.2, -0.15) is 0 Å². The predicted molar refractivity (Wildman–Crippen MR) is 61.9 cm³/mol. The van der Waals surface area contributed by atoms with Crippen LogP contribution in [-0.4, -0.2) is 12.4 Å². The van der Waals surface area contributed by atoms with Crippen LogP contribution in [0.3, 0.4) is 0 Å². The van der Waals surface area contributed by atoms with Gasteiger partial charge in [0.15, 0.2) is 5.84 Å². The van der Waals surface area contributed by atoms with Crippen molar-refractivity contribution < 1.29 is 0 Å². The van der Waals surface area contributed by atoms with Gasteiger partial charge in [-0.05, 0) is 30.8 Å². The molecule has 4 heteroatoms. The molecule has 2 N–H and O–H groups in total. The molecular formula is C11H11ClN3. The van der Waals surface area contributed by atoms with Gasteiger partial charge in [0.05, 0.1) is 11.9 Å². The number of hydrogen-bond donors (Lipinski definition) is 1. The molecule has 0 fully saturated rings. The number of nitrogens with zero attached hydrogens (tertiary/aromatic N) is 2. The zero-order valence-electron chi connectivity index (χ0n) is 8.15. The summed E-state index contributed by atoms with van der Waals surface area (Å²) in [4.78, 5) is 4.37. The third kappa shape index (κ3) is 2.37. The fourth-order valence-corrected chi connectivity index (χ4v) is 1.46. The normalized spacial score (nSPS) is 14.5. The van der Waals surface area contributed by atoms with E-state index in [0.717, 1.165) is 23.5 Å². The van der Waals surface area contributed by atoms with Crippen molar-refractivity contribution in [3.05, 3.63) is 46.7 Å². The highest BCUT2D eigenvalue weighted by atomic mass is 35.5. The quantitative estimate of drug-likeness (QED) is 0.831. The number of hydrogen-bond acceptors (Lipinski definition) is 2. The maximum Gasteiger partial charge on any atom is 0.159 e. The minimum absolute atomic E-state index is 0.596. The first kappa shape index (κ1) is 10.2. The van der Waals surface area contributed by atoms with Crippen LogP contribution >= 0.6 is 11.6 Å². The van der Waals surface area contributed by atoms with Crippen molar-refractivity contribution >= 4 is 17.4 Å². The molecule has 0 spiro atoms. The zero-order valence-corrected chi connectivity index (χ0v) is 8.91. The molecule has 1 aromatic carbocycles. The lowest BCUT2D eigenvalue weighted by Gasteiger charge is -1.98. The fraction of sp³-hybridized carbons (Fsp3) is 0.182. The highest BCUT2D eigenvalue weighted by Crippen LogP contribution is 2.15. The van der Waals surface area contributed by atoms with E-state index < -0.39 is 0 Å². The molecule has 1 aliphatic rings. The van der Waals surface area contributed by atoms with Gasteiger partial charge in [-0.1, -0.05) is 11.6 Å². The van der Waals surface area contributed by atoms with Crippen molar-refractivity contribution in [1.29, 1.82) is 0 Å². The van der Waals surface area contributed by atoms with Crippen LogP contribution in [0, 0.1) is 0 Å². The van der Waals surface area contributed by atoms with E-state index in [-0.39, 0.29) is 0 Å². The Morgan fingerprint density at radius 3 is 2.60 bits per heavy atom. The first-order valence-corrected chi connectivity index (χ1v) is 5.12. The number of aliphatic imine (C=N–C) groups is 1. The number of rotatable bonds is 3. The second kappa shape index (κ2) is 4.47. The van der Waals surface area contributed by atoms with E-state index in [1.807, 2.05) is 24.3 Å². The van der Waals surface area contributed by atoms with Gasteiger partial charge in [-0.15, -0.1) is 0 Å². The molecule has 15 heavy (non-hydrogen) atoms. The van der Waals surface area contributed by atoms with Crippen molar-refractivity contribution in [2.24, 2.45) is 10.7 Å². The fourth-order valence-electron chi connectivity index (χ4n) is 1.34. The van der Waals surface area contributed by atoms with Gasteiger partial charge in [0.2, 0.25) is 0 Å². The number of amidine groups is 1. The van der Waals surface area contributed by atoms with E-state index in [0.29, 0.717) is 11.6 Å². The molecule has 3 nitrogen and oxygen atoms in total. The van der Waals surface area contributed by atoms with Gasteiger partial charge in [0, 0.05) is 17.0 Å².